The van der Waals surface area contributed by atoms with Crippen LogP contribution in [-0.2, 0) is 29.6 Å². The first-order valence-corrected chi connectivity index (χ1v) is 7.39. The molecule has 0 aliphatic carbocycles. The van der Waals surface area contributed by atoms with Crippen LogP contribution in [-0.4, -0.2) is 50.8 Å². The van der Waals surface area contributed by atoms with Gasteiger partial charge >= 0.3 is 20.7 Å². The molecule has 102 valence electrons. The molecule has 3 atom stereocenters. The molecule has 0 bridgehead atoms. The molecule has 1 rings (SSSR count). The lowest BCUT2D eigenvalue weighted by atomic mass is 10.0. The summed E-state index contributed by atoms with van der Waals surface area (Å²) in [4.78, 5) is 0. The van der Waals surface area contributed by atoms with Crippen LogP contribution in [0.2, 0.25) is 0 Å². The average Bonchev–Trinajstić information content (AvgIpc) is 2.05. The molecule has 0 saturated carbocycles. The first-order chi connectivity index (χ1) is 7.57. The summed E-state index contributed by atoms with van der Waals surface area (Å²) < 4.78 is 70.7. The van der Waals surface area contributed by atoms with E-state index in [4.69, 9.17) is 13.8 Å². The third-order valence-electron chi connectivity index (χ3n) is 2.12. The van der Waals surface area contributed by atoms with Gasteiger partial charge in [-0.15, -0.1) is 0 Å². The lowest BCUT2D eigenvalue weighted by Gasteiger charge is -2.33. The predicted molar refractivity (Wildman–Crippen MR) is 54.9 cm³/mol. The third kappa shape index (κ3) is 5.72. The highest BCUT2D eigenvalue weighted by Gasteiger charge is 2.35. The smallest absolute Gasteiger partial charge is 0.377 e. The lowest BCUT2D eigenvalue weighted by molar-refractivity contribution is -0.0443. The largest absolute Gasteiger partial charge is 0.397 e. The lowest BCUT2D eigenvalue weighted by Crippen LogP contribution is -2.52. The Morgan fingerprint density at radius 3 is 2.35 bits per heavy atom. The quantitative estimate of drug-likeness (QED) is 0.545. The maximum absolute atomic E-state index is 10.6. The molecule has 0 aromatic heterocycles. The highest BCUT2D eigenvalue weighted by atomic mass is 32.3. The zero-order valence-corrected chi connectivity index (χ0v) is 10.4. The van der Waals surface area contributed by atoms with E-state index in [0.717, 1.165) is 0 Å². The van der Waals surface area contributed by atoms with Crippen molar-refractivity contribution in [3.8, 4) is 0 Å². The normalized spacial score (nSPS) is 31.4. The van der Waals surface area contributed by atoms with Gasteiger partial charge in [-0.05, 0) is 6.92 Å². The summed E-state index contributed by atoms with van der Waals surface area (Å²) in [6.45, 7) is 1.45. The van der Waals surface area contributed by atoms with E-state index in [1.807, 2.05) is 0 Å². The molecule has 1 fully saturated rings. The van der Waals surface area contributed by atoms with E-state index in [0.29, 0.717) is 0 Å². The van der Waals surface area contributed by atoms with Gasteiger partial charge < -0.3 is 4.74 Å². The summed E-state index contributed by atoms with van der Waals surface area (Å²) in [5, 5.41) is 0. The van der Waals surface area contributed by atoms with Crippen molar-refractivity contribution in [2.24, 2.45) is 0 Å². The molecule has 0 spiro atoms. The van der Waals surface area contributed by atoms with Gasteiger partial charge in [-0.25, -0.2) is 4.18 Å². The summed E-state index contributed by atoms with van der Waals surface area (Å²) in [6, 6.07) is -1.09. The van der Waals surface area contributed by atoms with E-state index in [1.165, 1.54) is 0 Å². The molecular formula is C6H13NO8S2. The summed E-state index contributed by atoms with van der Waals surface area (Å²) >= 11 is 0. The van der Waals surface area contributed by atoms with Gasteiger partial charge in [0.2, 0.25) is 0 Å². The molecule has 0 aromatic carbocycles. The Morgan fingerprint density at radius 2 is 1.88 bits per heavy atom. The van der Waals surface area contributed by atoms with E-state index in [-0.39, 0.29) is 19.1 Å². The maximum Gasteiger partial charge on any atom is 0.397 e. The van der Waals surface area contributed by atoms with Crippen molar-refractivity contribution >= 4 is 20.7 Å². The van der Waals surface area contributed by atoms with Gasteiger partial charge in [0.25, 0.3) is 0 Å². The molecule has 0 radical (unpaired) electrons. The molecule has 0 aromatic rings. The Balaban J connectivity index is 2.78. The summed E-state index contributed by atoms with van der Waals surface area (Å²) in [5.41, 5.74) is 0. The minimum Gasteiger partial charge on any atom is -0.377 e. The first-order valence-electron chi connectivity index (χ1n) is 4.59. The van der Waals surface area contributed by atoms with Crippen molar-refractivity contribution in [3.63, 3.8) is 0 Å². The molecule has 17 heavy (non-hydrogen) atoms. The summed E-state index contributed by atoms with van der Waals surface area (Å²) in [5.74, 6) is 0. The van der Waals surface area contributed by atoms with Crippen molar-refractivity contribution in [1.82, 2.24) is 4.72 Å². The molecule has 1 aliphatic heterocycles. The Kier molecular flexibility index (Phi) is 4.46. The number of nitrogens with one attached hydrogen (secondary N) is 1. The van der Waals surface area contributed by atoms with Gasteiger partial charge in [0.1, 0.15) is 6.10 Å². The van der Waals surface area contributed by atoms with E-state index >= 15 is 0 Å². The van der Waals surface area contributed by atoms with Crippen molar-refractivity contribution in [2.45, 2.75) is 31.6 Å². The second-order valence-electron chi connectivity index (χ2n) is 3.64. The molecule has 1 saturated heterocycles. The first kappa shape index (κ1) is 14.8. The second kappa shape index (κ2) is 5.14. The topological polar surface area (TPSA) is 139 Å². The van der Waals surface area contributed by atoms with Crippen LogP contribution in [0, 0.1) is 0 Å². The predicted octanol–water partition coefficient (Wildman–Crippen LogP) is -1.26. The molecular weight excluding hydrogens is 278 g/mol. The fraction of sp³-hybridized carbons (Fsp3) is 1.00. The highest BCUT2D eigenvalue weighted by Crippen LogP contribution is 2.19. The minimum absolute atomic E-state index is 0.0486. The fourth-order valence-corrected chi connectivity index (χ4v) is 2.63. The highest BCUT2D eigenvalue weighted by molar-refractivity contribution is 7.83. The van der Waals surface area contributed by atoms with Crippen molar-refractivity contribution < 1.29 is 34.9 Å². The molecule has 11 heteroatoms. The standard InChI is InChI=1S/C6H13NO8S2/c1-4-2-6(15-17(11,12)13)5(3-14-4)7-16(8,9)10/h4-7H,2-3H2,1H3,(H,8,9,10)(H,11,12,13). The van der Waals surface area contributed by atoms with Crippen LogP contribution >= 0.6 is 0 Å². The zero-order valence-electron chi connectivity index (χ0n) is 8.81. The van der Waals surface area contributed by atoms with Crippen LogP contribution in [0.1, 0.15) is 13.3 Å². The summed E-state index contributed by atoms with van der Waals surface area (Å²) in [7, 11) is -9.22. The Bertz CT molecular complexity index is 456. The van der Waals surface area contributed by atoms with Crippen LogP contribution in [0.4, 0.5) is 0 Å². The maximum atomic E-state index is 10.6. The van der Waals surface area contributed by atoms with Gasteiger partial charge in [-0.1, -0.05) is 0 Å². The van der Waals surface area contributed by atoms with Gasteiger partial charge in [0, 0.05) is 6.42 Å². The van der Waals surface area contributed by atoms with Crippen molar-refractivity contribution in [2.75, 3.05) is 6.61 Å². The second-order valence-corrected chi connectivity index (χ2v) is 5.88. The van der Waals surface area contributed by atoms with E-state index in [9.17, 15) is 16.8 Å². The van der Waals surface area contributed by atoms with Crippen LogP contribution in [0.25, 0.3) is 0 Å². The van der Waals surface area contributed by atoms with E-state index in [1.54, 1.807) is 11.6 Å². The van der Waals surface area contributed by atoms with Crippen LogP contribution in [0.15, 0.2) is 0 Å². The minimum atomic E-state index is -4.71. The third-order valence-corrected chi connectivity index (χ3v) is 3.21. The fourth-order valence-electron chi connectivity index (χ4n) is 1.50. The van der Waals surface area contributed by atoms with E-state index < -0.39 is 32.8 Å². The zero-order chi connectivity index (χ0) is 13.3. The summed E-state index contributed by atoms with van der Waals surface area (Å²) in [6.07, 6.45) is -1.45. The van der Waals surface area contributed by atoms with Crippen LogP contribution in [0.5, 0.6) is 0 Å². The number of hydrogen-bond acceptors (Lipinski definition) is 6. The molecule has 3 N–H and O–H groups in total. The van der Waals surface area contributed by atoms with E-state index in [2.05, 4.69) is 4.18 Å². The van der Waals surface area contributed by atoms with Gasteiger partial charge in [0.15, 0.2) is 0 Å². The molecule has 9 nitrogen and oxygen atoms in total. The molecule has 0 amide bonds. The van der Waals surface area contributed by atoms with Gasteiger partial charge in [-0.3, -0.25) is 9.11 Å². The van der Waals surface area contributed by atoms with Crippen LogP contribution in [0.3, 0.4) is 0 Å². The van der Waals surface area contributed by atoms with Crippen LogP contribution < -0.4 is 4.72 Å². The number of rotatable bonds is 4. The molecule has 3 unspecified atom stereocenters. The van der Waals surface area contributed by atoms with Gasteiger partial charge in [0.05, 0.1) is 18.8 Å². The Hall–Kier alpha value is -0.300. The molecule has 1 heterocycles. The Labute approximate surface area is 98.9 Å². The number of ether oxygens (including phenoxy) is 1. The average molecular weight is 291 g/mol. The molecule has 1 aliphatic rings. The Morgan fingerprint density at radius 1 is 1.29 bits per heavy atom. The van der Waals surface area contributed by atoms with Crippen molar-refractivity contribution in [3.05, 3.63) is 0 Å². The number of hydrogen-bond donors (Lipinski definition) is 3. The van der Waals surface area contributed by atoms with Crippen molar-refractivity contribution in [1.29, 1.82) is 0 Å². The SMILES string of the molecule is CC1CC(OS(=O)(=O)O)C(NS(=O)(=O)O)CO1. The van der Waals surface area contributed by atoms with Gasteiger partial charge in [-0.2, -0.15) is 21.6 Å². The monoisotopic (exact) mass is 291 g/mol.